The molecule has 0 heterocycles. The van der Waals surface area contributed by atoms with Crippen LogP contribution < -0.4 is 4.74 Å². The van der Waals surface area contributed by atoms with Crippen LogP contribution in [-0.4, -0.2) is 12.9 Å². The van der Waals surface area contributed by atoms with Gasteiger partial charge in [0.25, 0.3) is 0 Å². The minimum absolute atomic E-state index is 0.0603. The van der Waals surface area contributed by atoms with Crippen molar-refractivity contribution >= 4 is 5.78 Å². The summed E-state index contributed by atoms with van der Waals surface area (Å²) in [5.74, 6) is 1.42. The molecule has 2 aromatic carbocycles. The van der Waals surface area contributed by atoms with Gasteiger partial charge in [-0.3, -0.25) is 4.79 Å². The van der Waals surface area contributed by atoms with Crippen LogP contribution in [-0.2, 0) is 0 Å². The minimum Gasteiger partial charge on any atom is -0.497 e. The van der Waals surface area contributed by atoms with E-state index >= 15 is 0 Å². The molecule has 0 aliphatic heterocycles. The fraction of sp³-hybridized carbons (Fsp3) is 0.278. The summed E-state index contributed by atoms with van der Waals surface area (Å²) >= 11 is 0. The highest BCUT2D eigenvalue weighted by atomic mass is 16.5. The first-order valence-electron chi connectivity index (χ1n) is 7.06. The van der Waals surface area contributed by atoms with Crippen molar-refractivity contribution < 1.29 is 9.53 Å². The summed E-state index contributed by atoms with van der Waals surface area (Å²) in [5.41, 5.74) is 2.74. The van der Waals surface area contributed by atoms with Crippen molar-refractivity contribution in [3.63, 3.8) is 0 Å². The summed E-state index contributed by atoms with van der Waals surface area (Å²) in [6, 6.07) is 15.4. The molecular formula is C18H18O2. The van der Waals surface area contributed by atoms with Crippen LogP contribution in [0.15, 0.2) is 48.5 Å². The van der Waals surface area contributed by atoms with Crippen LogP contribution in [0.25, 0.3) is 0 Å². The summed E-state index contributed by atoms with van der Waals surface area (Å²) in [4.78, 5) is 12.5. The molecule has 1 fully saturated rings. The highest BCUT2D eigenvalue weighted by molar-refractivity contribution is 6.09. The molecule has 0 bridgehead atoms. The van der Waals surface area contributed by atoms with Crippen LogP contribution in [0, 0.1) is 0 Å². The quantitative estimate of drug-likeness (QED) is 0.775. The topological polar surface area (TPSA) is 26.3 Å². The van der Waals surface area contributed by atoms with Gasteiger partial charge in [-0.15, -0.1) is 0 Å². The molecule has 1 aliphatic rings. The zero-order chi connectivity index (χ0) is 13.9. The molecule has 3 rings (SSSR count). The van der Waals surface area contributed by atoms with Gasteiger partial charge >= 0.3 is 0 Å². The Morgan fingerprint density at radius 2 is 1.75 bits per heavy atom. The molecule has 0 unspecified atom stereocenters. The zero-order valence-corrected chi connectivity index (χ0v) is 11.6. The third kappa shape index (κ3) is 2.46. The van der Waals surface area contributed by atoms with Gasteiger partial charge in [-0.25, -0.2) is 0 Å². The number of methoxy groups -OCH3 is 1. The monoisotopic (exact) mass is 266 g/mol. The van der Waals surface area contributed by atoms with E-state index in [2.05, 4.69) is 6.07 Å². The third-order valence-corrected chi connectivity index (χ3v) is 4.06. The maximum absolute atomic E-state index is 12.5. The van der Waals surface area contributed by atoms with Crippen molar-refractivity contribution in [1.82, 2.24) is 0 Å². The van der Waals surface area contributed by atoms with Crippen LogP contribution in [0.2, 0.25) is 0 Å². The van der Waals surface area contributed by atoms with Gasteiger partial charge in [-0.2, -0.15) is 0 Å². The summed E-state index contributed by atoms with van der Waals surface area (Å²) in [7, 11) is 1.61. The number of carbonyl (C=O) groups excluding carboxylic acids is 1. The highest BCUT2D eigenvalue weighted by Crippen LogP contribution is 2.36. The molecule has 102 valence electrons. The van der Waals surface area contributed by atoms with E-state index in [9.17, 15) is 4.79 Å². The molecule has 0 aromatic heterocycles. The van der Waals surface area contributed by atoms with Crippen molar-refractivity contribution in [1.29, 1.82) is 0 Å². The Morgan fingerprint density at radius 1 is 1.05 bits per heavy atom. The molecule has 2 aromatic rings. The van der Waals surface area contributed by atoms with E-state index in [-0.39, 0.29) is 5.78 Å². The normalized spacial score (nSPS) is 14.7. The first-order valence-corrected chi connectivity index (χ1v) is 7.06. The first-order chi connectivity index (χ1) is 9.78. The fourth-order valence-electron chi connectivity index (χ4n) is 2.61. The predicted molar refractivity (Wildman–Crippen MR) is 79.5 cm³/mol. The van der Waals surface area contributed by atoms with E-state index in [4.69, 9.17) is 4.74 Å². The van der Waals surface area contributed by atoms with Crippen molar-refractivity contribution in [3.8, 4) is 5.75 Å². The molecule has 2 heteroatoms. The Balaban J connectivity index is 1.89. The lowest BCUT2D eigenvalue weighted by Crippen LogP contribution is -2.10. The van der Waals surface area contributed by atoms with E-state index < -0.39 is 0 Å². The summed E-state index contributed by atoms with van der Waals surface area (Å²) < 4.78 is 5.18. The van der Waals surface area contributed by atoms with E-state index in [1.54, 1.807) is 13.2 Å². The number of ether oxygens (including phenoxy) is 1. The Hall–Kier alpha value is -2.09. The van der Waals surface area contributed by atoms with Gasteiger partial charge in [0, 0.05) is 11.1 Å². The average Bonchev–Trinajstić information content (AvgIpc) is 2.45. The zero-order valence-electron chi connectivity index (χ0n) is 11.6. The number of rotatable bonds is 4. The van der Waals surface area contributed by atoms with Gasteiger partial charge in [0.2, 0.25) is 0 Å². The molecule has 2 nitrogen and oxygen atoms in total. The Morgan fingerprint density at radius 3 is 2.40 bits per heavy atom. The van der Waals surface area contributed by atoms with E-state index in [0.717, 1.165) is 5.56 Å². The molecule has 0 spiro atoms. The van der Waals surface area contributed by atoms with E-state index in [0.29, 0.717) is 17.2 Å². The second-order valence-corrected chi connectivity index (χ2v) is 5.31. The number of hydrogen-bond acceptors (Lipinski definition) is 2. The smallest absolute Gasteiger partial charge is 0.193 e. The molecule has 20 heavy (non-hydrogen) atoms. The van der Waals surface area contributed by atoms with Crippen molar-refractivity contribution in [2.75, 3.05) is 7.11 Å². The van der Waals surface area contributed by atoms with Crippen molar-refractivity contribution in [2.45, 2.75) is 25.2 Å². The SMILES string of the molecule is COc1cccc(C(=O)c2cccc(C3CCC3)c2)c1. The van der Waals surface area contributed by atoms with Gasteiger partial charge < -0.3 is 4.74 Å². The molecule has 1 saturated carbocycles. The van der Waals surface area contributed by atoms with Gasteiger partial charge in [0.1, 0.15) is 5.75 Å². The maximum Gasteiger partial charge on any atom is 0.193 e. The number of ketones is 1. The van der Waals surface area contributed by atoms with Crippen LogP contribution in [0.1, 0.15) is 46.7 Å². The second kappa shape index (κ2) is 5.49. The van der Waals surface area contributed by atoms with Crippen LogP contribution in [0.4, 0.5) is 0 Å². The average molecular weight is 266 g/mol. The van der Waals surface area contributed by atoms with Gasteiger partial charge in [-0.05, 0) is 42.5 Å². The maximum atomic E-state index is 12.5. The molecule has 0 radical (unpaired) electrons. The summed E-state index contributed by atoms with van der Waals surface area (Å²) in [6.07, 6.45) is 3.80. The lowest BCUT2D eigenvalue weighted by molar-refractivity contribution is 0.103. The first kappa shape index (κ1) is 12.9. The van der Waals surface area contributed by atoms with Crippen LogP contribution in [0.5, 0.6) is 5.75 Å². The second-order valence-electron chi connectivity index (χ2n) is 5.31. The van der Waals surface area contributed by atoms with E-state index in [1.165, 1.54) is 24.8 Å². The molecular weight excluding hydrogens is 248 g/mol. The van der Waals surface area contributed by atoms with Gasteiger partial charge in [-0.1, -0.05) is 36.8 Å². The van der Waals surface area contributed by atoms with Crippen molar-refractivity contribution in [2.24, 2.45) is 0 Å². The Labute approximate surface area is 119 Å². The summed E-state index contributed by atoms with van der Waals surface area (Å²) in [5, 5.41) is 0. The number of hydrogen-bond donors (Lipinski definition) is 0. The van der Waals surface area contributed by atoms with Gasteiger partial charge in [0.15, 0.2) is 5.78 Å². The fourth-order valence-corrected chi connectivity index (χ4v) is 2.61. The van der Waals surface area contributed by atoms with Crippen molar-refractivity contribution in [3.05, 3.63) is 65.2 Å². The highest BCUT2D eigenvalue weighted by Gasteiger charge is 2.20. The molecule has 1 aliphatic carbocycles. The molecule has 0 N–H and O–H groups in total. The lowest BCUT2D eigenvalue weighted by Gasteiger charge is -2.26. The standard InChI is InChI=1S/C18H18O2/c1-20-17-10-4-9-16(12-17)18(19)15-8-3-7-14(11-15)13-5-2-6-13/h3-4,7-13H,2,5-6H2,1H3. The van der Waals surface area contributed by atoms with Crippen LogP contribution >= 0.6 is 0 Å². The molecule has 0 atom stereocenters. The third-order valence-electron chi connectivity index (χ3n) is 4.06. The van der Waals surface area contributed by atoms with E-state index in [1.807, 2.05) is 36.4 Å². The van der Waals surface area contributed by atoms with Crippen LogP contribution in [0.3, 0.4) is 0 Å². The Kier molecular flexibility index (Phi) is 3.55. The summed E-state index contributed by atoms with van der Waals surface area (Å²) in [6.45, 7) is 0. The predicted octanol–water partition coefficient (Wildman–Crippen LogP) is 4.19. The minimum atomic E-state index is 0.0603. The molecule has 0 saturated heterocycles. The number of benzene rings is 2. The Bertz CT molecular complexity index is 627. The largest absolute Gasteiger partial charge is 0.497 e. The number of carbonyl (C=O) groups is 1. The lowest BCUT2D eigenvalue weighted by atomic mass is 9.79. The molecule has 0 amide bonds. The van der Waals surface area contributed by atoms with Gasteiger partial charge in [0.05, 0.1) is 7.11 Å².